The van der Waals surface area contributed by atoms with Gasteiger partial charge >= 0.3 is 0 Å². The van der Waals surface area contributed by atoms with Crippen LogP contribution in [0.15, 0.2) is 18.3 Å². The first kappa shape index (κ1) is 14.1. The summed E-state index contributed by atoms with van der Waals surface area (Å²) in [4.78, 5) is 4.27. The second kappa shape index (κ2) is 6.69. The van der Waals surface area contributed by atoms with Gasteiger partial charge in [-0.25, -0.2) is 0 Å². The standard InChI is InChI=1S/C13H22N2O2/c1-13(2,16-3)6-7-17-10-12-5-4-11(8-14)9-15-12/h4-5,9H,6-8,10,14H2,1-3H3. The molecule has 0 aliphatic rings. The van der Waals surface area contributed by atoms with E-state index in [0.717, 1.165) is 17.7 Å². The van der Waals surface area contributed by atoms with Gasteiger partial charge in [0.1, 0.15) is 0 Å². The first-order valence-electron chi connectivity index (χ1n) is 5.84. The van der Waals surface area contributed by atoms with E-state index in [4.69, 9.17) is 15.2 Å². The fourth-order valence-corrected chi connectivity index (χ4v) is 1.26. The topological polar surface area (TPSA) is 57.4 Å². The molecule has 0 atom stereocenters. The highest BCUT2D eigenvalue weighted by Gasteiger charge is 2.15. The Hall–Kier alpha value is -0.970. The molecule has 96 valence electrons. The van der Waals surface area contributed by atoms with Gasteiger partial charge in [0, 0.05) is 26.5 Å². The second-order valence-electron chi connectivity index (χ2n) is 4.63. The molecule has 0 saturated heterocycles. The normalized spacial score (nSPS) is 11.8. The number of nitrogens with two attached hydrogens (primary N) is 1. The lowest BCUT2D eigenvalue weighted by Gasteiger charge is -2.22. The highest BCUT2D eigenvalue weighted by Crippen LogP contribution is 2.13. The Kier molecular flexibility index (Phi) is 5.55. The molecule has 0 spiro atoms. The molecule has 0 saturated carbocycles. The van der Waals surface area contributed by atoms with Crippen molar-refractivity contribution in [3.05, 3.63) is 29.6 Å². The van der Waals surface area contributed by atoms with Crippen molar-refractivity contribution >= 4 is 0 Å². The van der Waals surface area contributed by atoms with Gasteiger partial charge in [-0.3, -0.25) is 4.98 Å². The molecule has 1 rings (SSSR count). The Morgan fingerprint density at radius 3 is 2.65 bits per heavy atom. The minimum absolute atomic E-state index is 0.128. The first-order valence-corrected chi connectivity index (χ1v) is 5.84. The van der Waals surface area contributed by atoms with Crippen LogP contribution >= 0.6 is 0 Å². The van der Waals surface area contributed by atoms with Crippen LogP contribution in [0.3, 0.4) is 0 Å². The minimum Gasteiger partial charge on any atom is -0.379 e. The summed E-state index contributed by atoms with van der Waals surface area (Å²) in [6.07, 6.45) is 2.65. The predicted molar refractivity (Wildman–Crippen MR) is 67.5 cm³/mol. The van der Waals surface area contributed by atoms with Crippen molar-refractivity contribution in [1.29, 1.82) is 0 Å². The largest absolute Gasteiger partial charge is 0.379 e. The lowest BCUT2D eigenvalue weighted by molar-refractivity contribution is -0.0128. The third-order valence-corrected chi connectivity index (χ3v) is 2.77. The zero-order valence-corrected chi connectivity index (χ0v) is 10.9. The maximum atomic E-state index is 5.56. The number of hydrogen-bond donors (Lipinski definition) is 1. The lowest BCUT2D eigenvalue weighted by atomic mass is 10.1. The molecular formula is C13H22N2O2. The molecule has 0 aliphatic carbocycles. The number of ether oxygens (including phenoxy) is 2. The van der Waals surface area contributed by atoms with E-state index in [9.17, 15) is 0 Å². The Morgan fingerprint density at radius 2 is 2.12 bits per heavy atom. The first-order chi connectivity index (χ1) is 8.07. The fraction of sp³-hybridized carbons (Fsp3) is 0.615. The Balaban J connectivity index is 2.26. The van der Waals surface area contributed by atoms with E-state index in [1.165, 1.54) is 0 Å². The Bertz CT molecular complexity index is 323. The molecule has 1 aromatic heterocycles. The summed E-state index contributed by atoms with van der Waals surface area (Å²) in [6.45, 7) is 5.82. The van der Waals surface area contributed by atoms with Crippen LogP contribution in [0.4, 0.5) is 0 Å². The van der Waals surface area contributed by atoms with Crippen LogP contribution in [0, 0.1) is 0 Å². The highest BCUT2D eigenvalue weighted by atomic mass is 16.5. The SMILES string of the molecule is COC(C)(C)CCOCc1ccc(CN)cn1. The van der Waals surface area contributed by atoms with Crippen molar-refractivity contribution in [2.75, 3.05) is 13.7 Å². The van der Waals surface area contributed by atoms with Crippen molar-refractivity contribution in [3.8, 4) is 0 Å². The number of nitrogens with zero attached hydrogens (tertiary/aromatic N) is 1. The van der Waals surface area contributed by atoms with Crippen molar-refractivity contribution in [2.45, 2.75) is 39.0 Å². The van der Waals surface area contributed by atoms with Crippen molar-refractivity contribution in [3.63, 3.8) is 0 Å². The van der Waals surface area contributed by atoms with Gasteiger partial charge in [0.2, 0.25) is 0 Å². The molecule has 1 aromatic rings. The highest BCUT2D eigenvalue weighted by molar-refractivity contribution is 5.13. The monoisotopic (exact) mass is 238 g/mol. The maximum absolute atomic E-state index is 5.56. The minimum atomic E-state index is -0.128. The zero-order valence-electron chi connectivity index (χ0n) is 10.9. The van der Waals surface area contributed by atoms with Gasteiger partial charge < -0.3 is 15.2 Å². The summed E-state index contributed by atoms with van der Waals surface area (Å²) in [5, 5.41) is 0. The van der Waals surface area contributed by atoms with Crippen molar-refractivity contribution in [2.24, 2.45) is 5.73 Å². The van der Waals surface area contributed by atoms with E-state index in [1.807, 2.05) is 26.0 Å². The fourth-order valence-electron chi connectivity index (χ4n) is 1.26. The molecule has 0 fully saturated rings. The zero-order chi connectivity index (χ0) is 12.7. The van der Waals surface area contributed by atoms with E-state index >= 15 is 0 Å². The lowest BCUT2D eigenvalue weighted by Crippen LogP contribution is -2.24. The third-order valence-electron chi connectivity index (χ3n) is 2.77. The van der Waals surface area contributed by atoms with Gasteiger partial charge in [-0.15, -0.1) is 0 Å². The molecule has 0 radical (unpaired) electrons. The molecule has 4 heteroatoms. The molecular weight excluding hydrogens is 216 g/mol. The summed E-state index contributed by atoms with van der Waals surface area (Å²) >= 11 is 0. The van der Waals surface area contributed by atoms with E-state index < -0.39 is 0 Å². The van der Waals surface area contributed by atoms with Gasteiger partial charge in [-0.05, 0) is 31.9 Å². The van der Waals surface area contributed by atoms with Crippen LogP contribution < -0.4 is 5.73 Å². The van der Waals surface area contributed by atoms with E-state index in [-0.39, 0.29) is 5.60 Å². The van der Waals surface area contributed by atoms with Gasteiger partial charge in [-0.2, -0.15) is 0 Å². The molecule has 0 bridgehead atoms. The van der Waals surface area contributed by atoms with Crippen molar-refractivity contribution in [1.82, 2.24) is 4.98 Å². The molecule has 4 nitrogen and oxygen atoms in total. The quantitative estimate of drug-likeness (QED) is 0.737. The van der Waals surface area contributed by atoms with Crippen LogP contribution in [0.5, 0.6) is 0 Å². The molecule has 0 unspecified atom stereocenters. The van der Waals surface area contributed by atoms with Crippen molar-refractivity contribution < 1.29 is 9.47 Å². The van der Waals surface area contributed by atoms with Crippen LogP contribution in [0.1, 0.15) is 31.5 Å². The van der Waals surface area contributed by atoms with Gasteiger partial charge in [0.25, 0.3) is 0 Å². The smallest absolute Gasteiger partial charge is 0.0887 e. The van der Waals surface area contributed by atoms with Crippen LogP contribution in [-0.4, -0.2) is 24.3 Å². The summed E-state index contributed by atoms with van der Waals surface area (Å²) in [5.74, 6) is 0. The average molecular weight is 238 g/mol. The van der Waals surface area contributed by atoms with E-state index in [2.05, 4.69) is 4.98 Å². The van der Waals surface area contributed by atoms with Crippen LogP contribution in [0.25, 0.3) is 0 Å². The van der Waals surface area contributed by atoms with Crippen LogP contribution in [-0.2, 0) is 22.6 Å². The average Bonchev–Trinajstić information content (AvgIpc) is 2.35. The molecule has 2 N–H and O–H groups in total. The molecule has 0 amide bonds. The molecule has 17 heavy (non-hydrogen) atoms. The predicted octanol–water partition coefficient (Wildman–Crippen LogP) is 1.87. The number of pyridine rings is 1. The Labute approximate surface area is 103 Å². The summed E-state index contributed by atoms with van der Waals surface area (Å²) < 4.78 is 10.9. The second-order valence-corrected chi connectivity index (χ2v) is 4.63. The maximum Gasteiger partial charge on any atom is 0.0887 e. The summed E-state index contributed by atoms with van der Waals surface area (Å²) in [6, 6.07) is 3.93. The van der Waals surface area contributed by atoms with E-state index in [1.54, 1.807) is 13.3 Å². The van der Waals surface area contributed by atoms with Gasteiger partial charge in [-0.1, -0.05) is 6.07 Å². The Morgan fingerprint density at radius 1 is 1.35 bits per heavy atom. The summed E-state index contributed by atoms with van der Waals surface area (Å²) in [7, 11) is 1.72. The van der Waals surface area contributed by atoms with Gasteiger partial charge in [0.15, 0.2) is 0 Å². The van der Waals surface area contributed by atoms with E-state index in [0.29, 0.717) is 19.8 Å². The number of methoxy groups -OCH3 is 1. The molecule has 0 aliphatic heterocycles. The number of hydrogen-bond acceptors (Lipinski definition) is 4. The third kappa shape index (κ3) is 5.26. The summed E-state index contributed by atoms with van der Waals surface area (Å²) in [5.41, 5.74) is 7.34. The van der Waals surface area contributed by atoms with Crippen LogP contribution in [0.2, 0.25) is 0 Å². The molecule has 1 heterocycles. The number of aromatic nitrogens is 1. The number of rotatable bonds is 7. The van der Waals surface area contributed by atoms with Gasteiger partial charge in [0.05, 0.1) is 17.9 Å². The molecule has 0 aromatic carbocycles.